The minimum atomic E-state index is -0.343. The molecule has 1 spiro atoms. The quantitative estimate of drug-likeness (QED) is 0.636. The molecule has 3 aromatic rings. The average molecular weight is 417 g/mol. The molecule has 0 aromatic carbocycles. The molecule has 0 saturated carbocycles. The van der Waals surface area contributed by atoms with Crippen LogP contribution in [0.2, 0.25) is 0 Å². The van der Waals surface area contributed by atoms with Crippen molar-refractivity contribution in [3.05, 3.63) is 64.7 Å². The second-order valence-electron chi connectivity index (χ2n) is 7.47. The van der Waals surface area contributed by atoms with Crippen molar-refractivity contribution in [3.8, 4) is 16.6 Å². The number of hydrogen-bond acceptors (Lipinski definition) is 7. The van der Waals surface area contributed by atoms with Gasteiger partial charge in [-0.05, 0) is 36.6 Å². The van der Waals surface area contributed by atoms with Crippen molar-refractivity contribution in [3.63, 3.8) is 0 Å². The maximum absolute atomic E-state index is 12.9. The third-order valence-corrected chi connectivity index (χ3v) is 7.02. The molecule has 5 heterocycles. The Balaban J connectivity index is 1.35. The lowest BCUT2D eigenvalue weighted by molar-refractivity contribution is -0.0926. The Morgan fingerprint density at radius 3 is 2.77 bits per heavy atom. The summed E-state index contributed by atoms with van der Waals surface area (Å²) < 4.78 is 6.33. The number of hydrogen-bond donors (Lipinski definition) is 0. The molecule has 3 aromatic heterocycles. The van der Waals surface area contributed by atoms with Crippen LogP contribution in [0.25, 0.3) is 10.6 Å². The van der Waals surface area contributed by atoms with Crippen molar-refractivity contribution in [1.82, 2.24) is 19.9 Å². The first-order valence-electron chi connectivity index (χ1n) is 9.87. The Morgan fingerprint density at radius 1 is 1.20 bits per heavy atom. The van der Waals surface area contributed by atoms with E-state index < -0.39 is 0 Å². The molecule has 0 atom stereocenters. The van der Waals surface area contributed by atoms with Gasteiger partial charge < -0.3 is 9.64 Å². The number of rotatable bonds is 2. The van der Waals surface area contributed by atoms with Crippen LogP contribution in [0.5, 0.6) is 0 Å². The standard InChI is InChI=1S/C22H19N5O2S/c23-12-16-2-1-15(13-26-16)21(28)27-8-4-22(5-9-27)17-11-20(18-14-24-6-7-25-18)30-19(17)3-10-29-22/h1-2,6-7,11,13-14H,3-5,8-10H2. The van der Waals surface area contributed by atoms with E-state index >= 15 is 0 Å². The Labute approximate surface area is 178 Å². The normalized spacial score (nSPS) is 17.4. The highest BCUT2D eigenvalue weighted by molar-refractivity contribution is 7.15. The number of amides is 1. The summed E-state index contributed by atoms with van der Waals surface area (Å²) in [5.74, 6) is -0.0524. The molecule has 2 aliphatic rings. The van der Waals surface area contributed by atoms with E-state index in [-0.39, 0.29) is 11.5 Å². The van der Waals surface area contributed by atoms with E-state index in [9.17, 15) is 4.79 Å². The minimum absolute atomic E-state index is 0.0524. The van der Waals surface area contributed by atoms with Crippen LogP contribution in [-0.2, 0) is 16.8 Å². The number of ether oxygens (including phenoxy) is 1. The van der Waals surface area contributed by atoms with Crippen LogP contribution in [0.15, 0.2) is 43.0 Å². The number of pyridine rings is 1. The summed E-state index contributed by atoms with van der Waals surface area (Å²) in [4.78, 5) is 29.8. The molecule has 5 rings (SSSR count). The molecule has 150 valence electrons. The van der Waals surface area contributed by atoms with Gasteiger partial charge in [0.15, 0.2) is 0 Å². The maximum atomic E-state index is 12.9. The topological polar surface area (TPSA) is 92.0 Å². The molecule has 0 radical (unpaired) electrons. The highest BCUT2D eigenvalue weighted by Crippen LogP contribution is 2.46. The van der Waals surface area contributed by atoms with Gasteiger partial charge in [0.25, 0.3) is 5.91 Å². The summed E-state index contributed by atoms with van der Waals surface area (Å²) in [6.45, 7) is 1.93. The molecular weight excluding hydrogens is 398 g/mol. The Morgan fingerprint density at radius 2 is 2.07 bits per heavy atom. The fourth-order valence-corrected chi connectivity index (χ4v) is 5.42. The molecule has 1 amide bonds. The Bertz CT molecular complexity index is 1110. The summed E-state index contributed by atoms with van der Waals surface area (Å²) in [5, 5.41) is 8.88. The molecule has 0 N–H and O–H groups in total. The van der Waals surface area contributed by atoms with Gasteiger partial charge in [0.2, 0.25) is 0 Å². The van der Waals surface area contributed by atoms with Crippen LogP contribution in [-0.4, -0.2) is 45.5 Å². The SMILES string of the molecule is N#Cc1ccc(C(=O)N2CCC3(CC2)OCCc2sc(-c4cnccn4)cc23)cn1. The number of likely N-dealkylation sites (tertiary alicyclic amines) is 1. The third kappa shape index (κ3) is 3.26. The zero-order valence-electron chi connectivity index (χ0n) is 16.2. The van der Waals surface area contributed by atoms with Gasteiger partial charge in [-0.25, -0.2) is 4.98 Å². The molecule has 2 aliphatic heterocycles. The van der Waals surface area contributed by atoms with E-state index in [0.29, 0.717) is 31.0 Å². The Hall–Kier alpha value is -3.15. The van der Waals surface area contributed by atoms with E-state index in [1.807, 2.05) is 11.0 Å². The lowest BCUT2D eigenvalue weighted by atomic mass is 9.82. The predicted molar refractivity (Wildman–Crippen MR) is 111 cm³/mol. The highest BCUT2D eigenvalue weighted by atomic mass is 32.1. The first-order chi connectivity index (χ1) is 14.7. The van der Waals surface area contributed by atoms with Crippen LogP contribution < -0.4 is 0 Å². The Kier molecular flexibility index (Phi) is 4.77. The molecule has 1 saturated heterocycles. The number of piperidine rings is 1. The van der Waals surface area contributed by atoms with Gasteiger partial charge in [0.05, 0.1) is 34.5 Å². The fourth-order valence-electron chi connectivity index (χ4n) is 4.22. The van der Waals surface area contributed by atoms with Crippen LogP contribution in [0.4, 0.5) is 0 Å². The van der Waals surface area contributed by atoms with Crippen LogP contribution >= 0.6 is 11.3 Å². The molecule has 1 fully saturated rings. The summed E-state index contributed by atoms with van der Waals surface area (Å²) in [6, 6.07) is 7.42. The van der Waals surface area contributed by atoms with Gasteiger partial charge in [-0.2, -0.15) is 5.26 Å². The molecule has 8 heteroatoms. The number of carbonyl (C=O) groups excluding carboxylic acids is 1. The average Bonchev–Trinajstić information content (AvgIpc) is 3.26. The van der Waals surface area contributed by atoms with E-state index in [4.69, 9.17) is 10.00 Å². The monoisotopic (exact) mass is 417 g/mol. The molecule has 0 unspecified atom stereocenters. The fraction of sp³-hybridized carbons (Fsp3) is 0.318. The molecule has 0 bridgehead atoms. The number of carbonyl (C=O) groups is 1. The van der Waals surface area contributed by atoms with Gasteiger partial charge in [-0.1, -0.05) is 0 Å². The van der Waals surface area contributed by atoms with E-state index in [2.05, 4.69) is 21.0 Å². The smallest absolute Gasteiger partial charge is 0.255 e. The van der Waals surface area contributed by atoms with Crippen LogP contribution in [0.1, 0.15) is 39.3 Å². The predicted octanol–water partition coefficient (Wildman–Crippen LogP) is 3.18. The van der Waals surface area contributed by atoms with Gasteiger partial charge in [-0.15, -0.1) is 11.3 Å². The lowest BCUT2D eigenvalue weighted by Crippen LogP contribution is -2.48. The van der Waals surface area contributed by atoms with Gasteiger partial charge >= 0.3 is 0 Å². The van der Waals surface area contributed by atoms with E-state index in [1.165, 1.54) is 16.6 Å². The largest absolute Gasteiger partial charge is 0.370 e. The van der Waals surface area contributed by atoms with Crippen molar-refractivity contribution in [2.75, 3.05) is 19.7 Å². The number of fused-ring (bicyclic) bond motifs is 2. The van der Waals surface area contributed by atoms with Crippen molar-refractivity contribution in [2.24, 2.45) is 0 Å². The zero-order chi connectivity index (χ0) is 20.6. The summed E-state index contributed by atoms with van der Waals surface area (Å²) in [7, 11) is 0. The zero-order valence-corrected chi connectivity index (χ0v) is 17.1. The maximum Gasteiger partial charge on any atom is 0.255 e. The molecule has 7 nitrogen and oxygen atoms in total. The van der Waals surface area contributed by atoms with Crippen LogP contribution in [0.3, 0.4) is 0 Å². The van der Waals surface area contributed by atoms with Gasteiger partial charge in [-0.3, -0.25) is 14.8 Å². The van der Waals surface area contributed by atoms with E-state index in [0.717, 1.165) is 29.8 Å². The molecule has 30 heavy (non-hydrogen) atoms. The van der Waals surface area contributed by atoms with Crippen molar-refractivity contribution in [2.45, 2.75) is 24.9 Å². The third-order valence-electron chi connectivity index (χ3n) is 5.81. The summed E-state index contributed by atoms with van der Waals surface area (Å²) in [5.41, 5.74) is 2.60. The van der Waals surface area contributed by atoms with Gasteiger partial charge in [0.1, 0.15) is 11.8 Å². The van der Waals surface area contributed by atoms with Crippen LogP contribution in [0, 0.1) is 11.3 Å². The van der Waals surface area contributed by atoms with E-state index in [1.54, 1.807) is 42.1 Å². The minimum Gasteiger partial charge on any atom is -0.370 e. The number of thiophene rings is 1. The second-order valence-corrected chi connectivity index (χ2v) is 8.60. The lowest BCUT2D eigenvalue weighted by Gasteiger charge is -2.44. The summed E-state index contributed by atoms with van der Waals surface area (Å²) in [6.07, 6.45) is 9.07. The van der Waals surface area contributed by atoms with Gasteiger partial charge in [0, 0.05) is 43.0 Å². The number of aromatic nitrogens is 3. The van der Waals surface area contributed by atoms with Crippen molar-refractivity contribution in [1.29, 1.82) is 5.26 Å². The second kappa shape index (κ2) is 7.59. The number of nitriles is 1. The number of nitrogens with zero attached hydrogens (tertiary/aromatic N) is 5. The highest BCUT2D eigenvalue weighted by Gasteiger charge is 2.43. The van der Waals surface area contributed by atoms with Crippen molar-refractivity contribution < 1.29 is 9.53 Å². The first kappa shape index (κ1) is 18.9. The van der Waals surface area contributed by atoms with Crippen molar-refractivity contribution >= 4 is 17.2 Å². The summed E-state index contributed by atoms with van der Waals surface area (Å²) >= 11 is 1.77. The molecular formula is C22H19N5O2S. The first-order valence-corrected chi connectivity index (χ1v) is 10.7. The molecule has 0 aliphatic carbocycles.